The number of unbranched alkanes of at least 4 members (excludes halogenated alkanes) is 1. The summed E-state index contributed by atoms with van der Waals surface area (Å²) in [5.74, 6) is 0.322. The van der Waals surface area contributed by atoms with Crippen molar-refractivity contribution in [3.05, 3.63) is 42.2 Å². The number of nitrogens with zero attached hydrogens (tertiary/aromatic N) is 3. The van der Waals surface area contributed by atoms with Crippen LogP contribution in [-0.2, 0) is 11.3 Å². The van der Waals surface area contributed by atoms with Gasteiger partial charge in [0, 0.05) is 44.8 Å². The van der Waals surface area contributed by atoms with Crippen LogP contribution in [0.3, 0.4) is 0 Å². The Morgan fingerprint density at radius 1 is 1.19 bits per heavy atom. The molecule has 0 aliphatic rings. The average molecular weight is 371 g/mol. The molecule has 2 rings (SSSR count). The molecule has 0 radical (unpaired) electrons. The maximum absolute atomic E-state index is 11.5. The molecule has 1 aromatic carbocycles. The second-order valence-corrected chi connectivity index (χ2v) is 5.82. The molecule has 0 saturated carbocycles. The van der Waals surface area contributed by atoms with Gasteiger partial charge in [0.15, 0.2) is 5.96 Å². The highest BCUT2D eigenvalue weighted by Gasteiger charge is 2.04. The number of hydrogen-bond donors (Lipinski definition) is 4. The van der Waals surface area contributed by atoms with Gasteiger partial charge in [-0.2, -0.15) is 4.99 Å². The fourth-order valence-electron chi connectivity index (χ4n) is 2.34. The zero-order chi connectivity index (χ0) is 19.5. The van der Waals surface area contributed by atoms with Gasteiger partial charge in [-0.3, -0.25) is 0 Å². The molecular weight excluding hydrogens is 346 g/mol. The molecule has 0 fully saturated rings. The Kier molecular flexibility index (Phi) is 7.98. The van der Waals surface area contributed by atoms with Crippen molar-refractivity contribution in [2.24, 2.45) is 16.5 Å². The summed E-state index contributed by atoms with van der Waals surface area (Å²) in [7, 11) is 1.70. The van der Waals surface area contributed by atoms with Crippen LogP contribution in [0.2, 0.25) is 0 Å². The lowest BCUT2D eigenvalue weighted by molar-refractivity contribution is 0.193. The number of carbonyl (C=O) groups is 1. The van der Waals surface area contributed by atoms with Gasteiger partial charge < -0.3 is 26.8 Å². The first-order valence-corrected chi connectivity index (χ1v) is 8.60. The lowest BCUT2D eigenvalue weighted by atomic mass is 10.1. The fraction of sp³-hybridized carbons (Fsp3) is 0.333. The van der Waals surface area contributed by atoms with Crippen molar-refractivity contribution < 1.29 is 9.53 Å². The van der Waals surface area contributed by atoms with Gasteiger partial charge in [-0.25, -0.2) is 14.8 Å². The molecule has 9 heteroatoms. The smallest absolute Gasteiger partial charge is 0.344 e. The number of guanidine groups is 1. The van der Waals surface area contributed by atoms with Gasteiger partial charge >= 0.3 is 6.03 Å². The first kappa shape index (κ1) is 20.1. The zero-order valence-corrected chi connectivity index (χ0v) is 15.3. The van der Waals surface area contributed by atoms with Gasteiger partial charge in [-0.15, -0.1) is 0 Å². The number of nitrogens with one attached hydrogen (secondary N) is 2. The van der Waals surface area contributed by atoms with Gasteiger partial charge in [0.1, 0.15) is 0 Å². The normalized spacial score (nSPS) is 10.3. The molecule has 6 N–H and O–H groups in total. The number of aliphatic imine (C=N–C) groups is 1. The van der Waals surface area contributed by atoms with Crippen LogP contribution in [0, 0.1) is 0 Å². The Morgan fingerprint density at radius 2 is 1.96 bits per heavy atom. The number of carbonyl (C=O) groups excluding carboxylic acids is 1. The molecule has 27 heavy (non-hydrogen) atoms. The summed E-state index contributed by atoms with van der Waals surface area (Å²) >= 11 is 0. The first-order valence-electron chi connectivity index (χ1n) is 8.60. The third kappa shape index (κ3) is 7.28. The number of anilines is 1. The minimum atomic E-state index is -0.579. The van der Waals surface area contributed by atoms with Crippen molar-refractivity contribution in [1.29, 1.82) is 0 Å². The fourth-order valence-corrected chi connectivity index (χ4v) is 2.34. The molecule has 0 saturated heterocycles. The first-order chi connectivity index (χ1) is 13.1. The van der Waals surface area contributed by atoms with Crippen LogP contribution in [0.15, 0.2) is 41.7 Å². The number of methoxy groups -OCH3 is 1. The van der Waals surface area contributed by atoms with Crippen molar-refractivity contribution >= 4 is 17.9 Å². The SMILES string of the molecule is COCCCCNc1ncc(-c2cccc(CNC(=O)N=C(N)N)c2)cn1. The van der Waals surface area contributed by atoms with Crippen LogP contribution in [0.5, 0.6) is 0 Å². The highest BCUT2D eigenvalue weighted by molar-refractivity contribution is 5.90. The Morgan fingerprint density at radius 3 is 2.67 bits per heavy atom. The van der Waals surface area contributed by atoms with Gasteiger partial charge in [0.25, 0.3) is 0 Å². The van der Waals surface area contributed by atoms with Gasteiger partial charge in [0.05, 0.1) is 0 Å². The summed E-state index contributed by atoms with van der Waals surface area (Å²) in [6.07, 6.45) is 5.52. The second-order valence-electron chi connectivity index (χ2n) is 5.82. The van der Waals surface area contributed by atoms with Gasteiger partial charge in [-0.05, 0) is 30.0 Å². The molecule has 0 atom stereocenters. The standard InChI is InChI=1S/C18H25N7O2/c1-27-8-3-2-7-21-17-22-11-15(12-23-17)14-6-4-5-13(9-14)10-24-18(26)25-16(19)20/h4-6,9,11-12H,2-3,7-8,10H2,1H3,(H,21,22,23)(H5,19,20,24,25,26). The van der Waals surface area contributed by atoms with E-state index in [4.69, 9.17) is 16.2 Å². The van der Waals surface area contributed by atoms with E-state index < -0.39 is 6.03 Å². The summed E-state index contributed by atoms with van der Waals surface area (Å²) < 4.78 is 5.02. The van der Waals surface area contributed by atoms with E-state index in [0.29, 0.717) is 12.5 Å². The molecule has 1 aromatic heterocycles. The summed E-state index contributed by atoms with van der Waals surface area (Å²) in [6, 6.07) is 7.13. The predicted octanol–water partition coefficient (Wildman–Crippen LogP) is 1.47. The minimum Gasteiger partial charge on any atom is -0.385 e. The van der Waals surface area contributed by atoms with Crippen molar-refractivity contribution in [2.75, 3.05) is 25.6 Å². The molecule has 2 aromatic rings. The zero-order valence-electron chi connectivity index (χ0n) is 15.3. The van der Waals surface area contributed by atoms with Gasteiger partial charge in [0.2, 0.25) is 5.95 Å². The lowest BCUT2D eigenvalue weighted by Gasteiger charge is -2.07. The van der Waals surface area contributed by atoms with Crippen molar-refractivity contribution in [1.82, 2.24) is 15.3 Å². The number of nitrogens with two attached hydrogens (primary N) is 2. The Labute approximate surface area is 158 Å². The molecule has 1 heterocycles. The number of hydrogen-bond acceptors (Lipinski definition) is 5. The van der Waals surface area contributed by atoms with E-state index in [2.05, 4.69) is 25.6 Å². The summed E-state index contributed by atoms with van der Waals surface area (Å²) in [5, 5.41) is 5.80. The number of ether oxygens (including phenoxy) is 1. The van der Waals surface area contributed by atoms with Crippen LogP contribution in [0.25, 0.3) is 11.1 Å². The second kappa shape index (κ2) is 10.7. The van der Waals surface area contributed by atoms with E-state index in [1.165, 1.54) is 0 Å². The molecule has 0 bridgehead atoms. The van der Waals surface area contributed by atoms with E-state index in [-0.39, 0.29) is 5.96 Å². The molecule has 0 spiro atoms. The van der Waals surface area contributed by atoms with Crippen LogP contribution in [0.4, 0.5) is 10.7 Å². The highest BCUT2D eigenvalue weighted by atomic mass is 16.5. The van der Waals surface area contributed by atoms with E-state index in [0.717, 1.165) is 42.7 Å². The molecule has 0 aliphatic heterocycles. The van der Waals surface area contributed by atoms with Crippen molar-refractivity contribution in [2.45, 2.75) is 19.4 Å². The Bertz CT molecular complexity index is 759. The van der Waals surface area contributed by atoms with Crippen LogP contribution in [0.1, 0.15) is 18.4 Å². The van der Waals surface area contributed by atoms with E-state index >= 15 is 0 Å². The molecule has 144 valence electrons. The summed E-state index contributed by atoms with van der Waals surface area (Å²) in [6.45, 7) is 1.86. The monoisotopic (exact) mass is 371 g/mol. The van der Waals surface area contributed by atoms with E-state index in [1.807, 2.05) is 24.3 Å². The molecule has 2 amide bonds. The largest absolute Gasteiger partial charge is 0.385 e. The maximum Gasteiger partial charge on any atom is 0.344 e. The number of amides is 2. The van der Waals surface area contributed by atoms with Crippen molar-refractivity contribution in [3.63, 3.8) is 0 Å². The van der Waals surface area contributed by atoms with Crippen LogP contribution in [-0.4, -0.2) is 42.2 Å². The number of urea groups is 1. The number of benzene rings is 1. The molecule has 0 unspecified atom stereocenters. The van der Waals surface area contributed by atoms with E-state index in [9.17, 15) is 4.79 Å². The maximum atomic E-state index is 11.5. The van der Waals surface area contributed by atoms with Crippen LogP contribution >= 0.6 is 0 Å². The summed E-state index contributed by atoms with van der Waals surface area (Å²) in [4.78, 5) is 23.6. The third-order valence-corrected chi connectivity index (χ3v) is 3.64. The minimum absolute atomic E-state index is 0.272. The highest BCUT2D eigenvalue weighted by Crippen LogP contribution is 2.19. The Hall–Kier alpha value is -3.20. The number of rotatable bonds is 9. The molecule has 0 aliphatic carbocycles. The predicted molar refractivity (Wildman–Crippen MR) is 105 cm³/mol. The lowest BCUT2D eigenvalue weighted by Crippen LogP contribution is -2.28. The Balaban J connectivity index is 1.92. The van der Waals surface area contributed by atoms with Gasteiger partial charge in [-0.1, -0.05) is 18.2 Å². The van der Waals surface area contributed by atoms with Crippen molar-refractivity contribution in [3.8, 4) is 11.1 Å². The quantitative estimate of drug-likeness (QED) is 0.297. The van der Waals surface area contributed by atoms with Crippen LogP contribution < -0.4 is 22.1 Å². The third-order valence-electron chi connectivity index (χ3n) is 3.64. The average Bonchev–Trinajstić information content (AvgIpc) is 2.66. The molecular formula is C18H25N7O2. The topological polar surface area (TPSA) is 141 Å². The van der Waals surface area contributed by atoms with E-state index in [1.54, 1.807) is 19.5 Å². The molecule has 9 nitrogen and oxygen atoms in total. The summed E-state index contributed by atoms with van der Waals surface area (Å²) in [5.41, 5.74) is 13.1. The number of aromatic nitrogens is 2.